The average Bonchev–Trinajstić information content (AvgIpc) is 3.92. The molecule has 0 amide bonds. The fraction of sp³-hybridized carbons (Fsp3) is 0.500. The molecule has 0 saturated heterocycles. The van der Waals surface area contributed by atoms with Gasteiger partial charge in [-0.25, -0.2) is 25.3 Å². The van der Waals surface area contributed by atoms with Gasteiger partial charge in [-0.2, -0.15) is 8.61 Å². The first-order chi connectivity index (χ1) is 31.2. The van der Waals surface area contributed by atoms with Crippen molar-refractivity contribution in [2.24, 2.45) is 17.6 Å². The van der Waals surface area contributed by atoms with E-state index in [4.69, 9.17) is 8.83 Å². The monoisotopic (exact) mass is 1030 g/mol. The maximum absolute atomic E-state index is 12.8. The second-order valence-corrected chi connectivity index (χ2v) is 24.4. The number of aromatic hydroxyl groups is 2. The lowest BCUT2D eigenvalue weighted by Crippen LogP contribution is -2.36. The van der Waals surface area contributed by atoms with Crippen LogP contribution in [0.15, 0.2) is 70.3 Å². The molecule has 2 fully saturated rings. The van der Waals surface area contributed by atoms with Crippen LogP contribution in [0, 0.1) is 0 Å². The topological polar surface area (TPSA) is 273 Å². The molecule has 0 spiro atoms. The van der Waals surface area contributed by atoms with Crippen LogP contribution in [-0.4, -0.2) is 93.6 Å². The first-order valence-corrected chi connectivity index (χ1v) is 28.0. The Kier molecular flexibility index (Phi) is 15.0. The fourth-order valence-electron chi connectivity index (χ4n) is 6.66. The Hall–Kier alpha value is -4.44. The van der Waals surface area contributed by atoms with E-state index in [0.717, 1.165) is 71.0 Å². The molecule has 4 aliphatic rings. The fourth-order valence-corrected chi connectivity index (χ4v) is 13.6. The zero-order chi connectivity index (χ0) is 47.8. The predicted molar refractivity (Wildman–Crippen MR) is 259 cm³/mol. The maximum atomic E-state index is 12.8. The number of anilines is 2. The van der Waals surface area contributed by atoms with Crippen LogP contribution in [0.2, 0.25) is 0 Å². The molecule has 4 aromatic rings. The van der Waals surface area contributed by atoms with Gasteiger partial charge in [0.25, 0.3) is 42.4 Å². The normalized spacial score (nSPS) is 19.6. The summed E-state index contributed by atoms with van der Waals surface area (Å²) in [5.41, 5.74) is 2.45. The SMILES string of the molecule is CC[C@@H](NC1=NS(=O)N=C1Nc1csc(S(=O)(=O)N(C)C2CC2)c1O)c1cc(C(C)C)co1.CC[C@@H](NC1=NS(=O)N=C1Nc1csc(S(=O)(=O)N(C)C2CC2)c1O)c1cc(C(C)C)co1. The minimum Gasteiger partial charge on any atom is -0.504 e. The molecule has 6 N–H and O–H groups in total. The quantitative estimate of drug-likeness (QED) is 0.0660. The van der Waals surface area contributed by atoms with Crippen LogP contribution in [0.5, 0.6) is 11.5 Å². The third-order valence-electron chi connectivity index (χ3n) is 11.2. The van der Waals surface area contributed by atoms with Crippen LogP contribution >= 0.6 is 22.7 Å². The number of hydrogen-bond donors (Lipinski definition) is 6. The van der Waals surface area contributed by atoms with Crippen molar-refractivity contribution in [3.63, 3.8) is 0 Å². The van der Waals surface area contributed by atoms with E-state index in [2.05, 4.69) is 66.6 Å². The summed E-state index contributed by atoms with van der Waals surface area (Å²) >= 11 is -1.85. The molecule has 0 bridgehead atoms. The molecule has 0 aromatic carbocycles. The molecule has 8 rings (SSSR count). The molecular weight excluding hydrogens is 973 g/mol. The maximum Gasteiger partial charge on any atom is 0.269 e. The van der Waals surface area contributed by atoms with Crippen LogP contribution in [-0.2, 0) is 42.4 Å². The molecule has 2 saturated carbocycles. The smallest absolute Gasteiger partial charge is 0.269 e. The third-order valence-corrected chi connectivity index (χ3v) is 19.3. The van der Waals surface area contributed by atoms with Crippen molar-refractivity contribution >= 4 is 99.8 Å². The van der Waals surface area contributed by atoms with Gasteiger partial charge in [-0.3, -0.25) is 0 Å². The summed E-state index contributed by atoms with van der Waals surface area (Å²) in [6.07, 6.45) is 8.03. The van der Waals surface area contributed by atoms with Gasteiger partial charge in [0.1, 0.15) is 11.5 Å². The molecule has 4 aromatic heterocycles. The second-order valence-electron chi connectivity index (χ2n) is 16.6. The summed E-state index contributed by atoms with van der Waals surface area (Å²) in [5, 5.41) is 36.4. The van der Waals surface area contributed by atoms with Gasteiger partial charge in [-0.05, 0) is 73.6 Å². The largest absolute Gasteiger partial charge is 0.504 e. The van der Waals surface area contributed by atoms with Crippen molar-refractivity contribution < 1.29 is 44.3 Å². The Labute approximate surface area is 397 Å². The summed E-state index contributed by atoms with van der Waals surface area (Å²) in [4.78, 5) is 0. The molecule has 0 radical (unpaired) electrons. The summed E-state index contributed by atoms with van der Waals surface area (Å²) < 4.78 is 105. The highest BCUT2D eigenvalue weighted by Gasteiger charge is 2.39. The lowest BCUT2D eigenvalue weighted by molar-refractivity contribution is 0.439. The van der Waals surface area contributed by atoms with Gasteiger partial charge in [-0.15, -0.1) is 40.3 Å². The van der Waals surface area contributed by atoms with Crippen LogP contribution < -0.4 is 21.3 Å². The van der Waals surface area contributed by atoms with E-state index < -0.39 is 53.9 Å². The van der Waals surface area contributed by atoms with Crippen LogP contribution in [0.3, 0.4) is 0 Å². The third kappa shape index (κ3) is 10.8. The molecule has 2 aliphatic carbocycles. The predicted octanol–water partition coefficient (Wildman–Crippen LogP) is 6.99. The molecule has 360 valence electrons. The van der Waals surface area contributed by atoms with Gasteiger partial charge in [-0.1, -0.05) is 41.5 Å². The Balaban J connectivity index is 0.000000196. The molecular formula is C40H54N10O10S6. The van der Waals surface area contributed by atoms with Crippen molar-refractivity contribution in [1.29, 1.82) is 0 Å². The summed E-state index contributed by atoms with van der Waals surface area (Å²) in [6.45, 7) is 12.3. The van der Waals surface area contributed by atoms with E-state index >= 15 is 0 Å². The number of furan rings is 2. The van der Waals surface area contributed by atoms with Gasteiger partial charge in [0.15, 0.2) is 43.3 Å². The van der Waals surface area contributed by atoms with E-state index in [1.54, 1.807) is 12.5 Å². The highest BCUT2D eigenvalue weighted by molar-refractivity contribution is 7.91. The van der Waals surface area contributed by atoms with E-state index in [1.807, 2.05) is 26.0 Å². The summed E-state index contributed by atoms with van der Waals surface area (Å²) in [5.74, 6) is 2.07. The molecule has 66 heavy (non-hydrogen) atoms. The first kappa shape index (κ1) is 49.5. The highest BCUT2D eigenvalue weighted by atomic mass is 32.3. The Morgan fingerprint density at radius 1 is 0.667 bits per heavy atom. The number of hydrogen-bond acceptors (Lipinski definition) is 16. The van der Waals surface area contributed by atoms with Crippen LogP contribution in [0.4, 0.5) is 11.4 Å². The Morgan fingerprint density at radius 2 is 1.02 bits per heavy atom. The Bertz CT molecular complexity index is 2640. The number of thiophene rings is 2. The zero-order valence-electron chi connectivity index (χ0n) is 37.5. The van der Waals surface area contributed by atoms with E-state index in [9.17, 15) is 35.5 Å². The van der Waals surface area contributed by atoms with Crippen molar-refractivity contribution in [3.05, 3.63) is 58.1 Å². The molecule has 2 aliphatic heterocycles. The second kappa shape index (κ2) is 20.0. The number of rotatable bonds is 16. The van der Waals surface area contributed by atoms with Crippen molar-refractivity contribution in [2.75, 3.05) is 24.7 Å². The van der Waals surface area contributed by atoms with Gasteiger partial charge in [0.2, 0.25) is 0 Å². The molecule has 4 atom stereocenters. The standard InChI is InChI=1S/2C20H27N5O5S3/c2*1-5-14(16-8-12(9-30-16)11(2)3)21-18-19(24-32(27)23-18)22-15-10-31-20(17(15)26)33(28,29)25(4)13-6-7-13/h2*8-11,13-14,26H,5-7H2,1-4H3,(H,21,23)(H,22,24)/t2*14-,32?/m11/s1. The zero-order valence-corrected chi connectivity index (χ0v) is 42.4. The highest BCUT2D eigenvalue weighted by Crippen LogP contribution is 2.43. The average molecular weight is 1030 g/mol. The lowest BCUT2D eigenvalue weighted by atomic mass is 10.1. The van der Waals surface area contributed by atoms with Crippen LogP contribution in [0.25, 0.3) is 0 Å². The summed E-state index contributed by atoms with van der Waals surface area (Å²) in [7, 11) is -4.57. The number of amidine groups is 4. The van der Waals surface area contributed by atoms with Crippen LogP contribution in [0.1, 0.15) is 127 Å². The minimum absolute atomic E-state index is 0.0266. The Morgan fingerprint density at radius 3 is 1.32 bits per heavy atom. The summed E-state index contributed by atoms with van der Waals surface area (Å²) in [6, 6.07) is 3.42. The van der Waals surface area contributed by atoms with E-state index in [1.165, 1.54) is 33.5 Å². The van der Waals surface area contributed by atoms with Gasteiger partial charge >= 0.3 is 0 Å². The van der Waals surface area contributed by atoms with E-state index in [0.29, 0.717) is 24.7 Å². The van der Waals surface area contributed by atoms with Crippen molar-refractivity contribution in [2.45, 2.75) is 124 Å². The number of nitrogens with one attached hydrogen (secondary N) is 4. The van der Waals surface area contributed by atoms with E-state index in [-0.39, 0.29) is 67.3 Å². The molecule has 6 heterocycles. The van der Waals surface area contributed by atoms with Gasteiger partial charge < -0.3 is 40.3 Å². The van der Waals surface area contributed by atoms with Crippen molar-refractivity contribution in [3.8, 4) is 11.5 Å². The van der Waals surface area contributed by atoms with Gasteiger partial charge in [0, 0.05) is 36.9 Å². The lowest BCUT2D eigenvalue weighted by Gasteiger charge is -2.17. The minimum atomic E-state index is -3.80. The molecule has 2 unspecified atom stereocenters. The van der Waals surface area contributed by atoms with Gasteiger partial charge in [0.05, 0.1) is 36.0 Å². The first-order valence-electron chi connectivity index (χ1n) is 21.2. The number of nitrogens with zero attached hydrogens (tertiary/aromatic N) is 6. The molecule has 26 heteroatoms. The number of sulfonamides is 2. The molecule has 20 nitrogen and oxygen atoms in total. The van der Waals surface area contributed by atoms with Crippen molar-refractivity contribution in [1.82, 2.24) is 19.2 Å².